The van der Waals surface area contributed by atoms with Crippen LogP contribution in [-0.2, 0) is 0 Å². The molecule has 0 unspecified atom stereocenters. The Balaban J connectivity index is 0.000000134. The third kappa shape index (κ3) is 13.8. The molecule has 7 heterocycles. The van der Waals surface area contributed by atoms with Crippen LogP contribution in [0.1, 0.15) is 172 Å². The van der Waals surface area contributed by atoms with E-state index in [0.29, 0.717) is 52.4 Å². The number of aromatic carboxylic acids is 1. The summed E-state index contributed by atoms with van der Waals surface area (Å²) in [6.07, 6.45) is 25.0. The van der Waals surface area contributed by atoms with Gasteiger partial charge in [0.05, 0.1) is 69.8 Å². The Kier molecular flexibility index (Phi) is 17.6. The minimum atomic E-state index is -1.26. The molecule has 442 valence electrons. The van der Waals surface area contributed by atoms with Crippen molar-refractivity contribution in [2.45, 2.75) is 117 Å². The third-order valence-corrected chi connectivity index (χ3v) is 15.0. The fraction of sp³-hybridized carbons (Fsp3) is 0.281. The lowest BCUT2D eigenvalue weighted by Gasteiger charge is -2.13. The Morgan fingerprint density at radius 2 is 0.965 bits per heavy atom. The fourth-order valence-corrected chi connectivity index (χ4v) is 9.89. The molecule has 86 heavy (non-hydrogen) atoms. The number of hydrogen-bond donors (Lipinski definition) is 3. The van der Waals surface area contributed by atoms with Crippen LogP contribution >= 0.6 is 11.6 Å². The first-order valence-electron chi connectivity index (χ1n) is 28.3. The van der Waals surface area contributed by atoms with Crippen molar-refractivity contribution >= 4 is 40.4 Å². The number of amides is 1. The van der Waals surface area contributed by atoms with Gasteiger partial charge in [-0.2, -0.15) is 0 Å². The van der Waals surface area contributed by atoms with Gasteiger partial charge in [0, 0.05) is 73.0 Å². The zero-order chi connectivity index (χ0) is 61.1. The first-order chi connectivity index (χ1) is 41.2. The minimum Gasteiger partial charge on any atom is -0.478 e. The van der Waals surface area contributed by atoms with Crippen LogP contribution in [-0.4, -0.2) is 79.9 Å². The number of anilines is 2. The molecule has 0 saturated heterocycles. The van der Waals surface area contributed by atoms with Crippen LogP contribution in [0, 0.1) is 38.2 Å². The number of nitrogens with two attached hydrogens (primary N) is 1. The van der Waals surface area contributed by atoms with E-state index in [0.717, 1.165) is 82.7 Å². The molecule has 3 saturated carbocycles. The molecule has 0 bridgehead atoms. The van der Waals surface area contributed by atoms with Crippen LogP contribution in [0.2, 0.25) is 0 Å². The van der Waals surface area contributed by atoms with Crippen LogP contribution < -0.4 is 11.1 Å². The third-order valence-electron chi connectivity index (χ3n) is 14.8. The normalized spacial score (nSPS) is 13.5. The second-order valence-corrected chi connectivity index (χ2v) is 22.6. The van der Waals surface area contributed by atoms with Crippen LogP contribution in [0.4, 0.5) is 24.8 Å². The highest BCUT2D eigenvalue weighted by atomic mass is 35.5. The quantitative estimate of drug-likeness (QED) is 0.0865. The highest BCUT2D eigenvalue weighted by Crippen LogP contribution is 2.41. The first kappa shape index (κ1) is 59.7. The van der Waals surface area contributed by atoms with Gasteiger partial charge in [-0.05, 0) is 148 Å². The van der Waals surface area contributed by atoms with E-state index in [-0.39, 0.29) is 22.6 Å². The largest absolute Gasteiger partial charge is 0.478 e. The SMILES string of the molecule is CC(C)c1nccn1-c1cccc(N)n1.Cc1cc(F)c(C(=O)Cl)cc1-n1cnc(C2CC2)c1.Cc1cc(F)c(C(=O)Nc2cccc(-n3ccnc3C(C)C)n2)cc1-n1cnc(C2CC2)c1.Cc1cc(F)c(C(=O)O)cc1-n1cnc(C2CC2)c1. The summed E-state index contributed by atoms with van der Waals surface area (Å²) in [5.41, 5.74) is 12.5. The number of carbonyl (C=O) groups is 3. The topological polar surface area (TPSA) is 224 Å². The lowest BCUT2D eigenvalue weighted by atomic mass is 10.1. The van der Waals surface area contributed by atoms with E-state index in [1.54, 1.807) is 74.1 Å². The molecule has 4 N–H and O–H groups in total. The number of carboxylic acids is 1. The van der Waals surface area contributed by atoms with Crippen molar-refractivity contribution in [3.05, 3.63) is 215 Å². The Morgan fingerprint density at radius 3 is 1.37 bits per heavy atom. The lowest BCUT2D eigenvalue weighted by Crippen LogP contribution is -2.16. The zero-order valence-electron chi connectivity index (χ0n) is 48.5. The predicted octanol–water partition coefficient (Wildman–Crippen LogP) is 13.6. The van der Waals surface area contributed by atoms with E-state index >= 15 is 0 Å². The first-order valence-corrected chi connectivity index (χ1v) is 28.6. The number of imidazole rings is 5. The van der Waals surface area contributed by atoms with Crippen molar-refractivity contribution < 1.29 is 32.7 Å². The monoisotopic (exact) mass is 1180 g/mol. The number of benzene rings is 3. The average Bonchev–Trinajstić information content (AvgIpc) is 4.49. The van der Waals surface area contributed by atoms with Gasteiger partial charge in [0.15, 0.2) is 0 Å². The van der Waals surface area contributed by atoms with Crippen molar-refractivity contribution in [2.75, 3.05) is 11.1 Å². The van der Waals surface area contributed by atoms with Crippen molar-refractivity contribution in [1.29, 1.82) is 0 Å². The Bertz CT molecular complexity index is 4010. The van der Waals surface area contributed by atoms with Gasteiger partial charge in [-0.15, -0.1) is 0 Å². The summed E-state index contributed by atoms with van der Waals surface area (Å²) >= 11 is 5.38. The number of nitrogen functional groups attached to an aromatic ring is 1. The van der Waals surface area contributed by atoms with Gasteiger partial charge < -0.3 is 29.9 Å². The van der Waals surface area contributed by atoms with Crippen molar-refractivity contribution in [3.8, 4) is 28.7 Å². The van der Waals surface area contributed by atoms with Gasteiger partial charge in [0.2, 0.25) is 0 Å². The molecule has 3 aliphatic rings. The number of nitrogens with zero attached hydrogens (tertiary/aromatic N) is 12. The molecular weight excluding hydrogens is 1120 g/mol. The number of carbonyl (C=O) groups excluding carboxylic acids is 2. The summed E-state index contributed by atoms with van der Waals surface area (Å²) in [5, 5.41) is 10.9. The molecule has 3 aromatic carbocycles. The highest BCUT2D eigenvalue weighted by molar-refractivity contribution is 6.67. The zero-order valence-corrected chi connectivity index (χ0v) is 49.2. The van der Waals surface area contributed by atoms with E-state index in [2.05, 4.69) is 67.9 Å². The van der Waals surface area contributed by atoms with Crippen LogP contribution in [0.25, 0.3) is 28.7 Å². The predicted molar refractivity (Wildman–Crippen MR) is 321 cm³/mol. The minimum absolute atomic E-state index is 0.0463. The summed E-state index contributed by atoms with van der Waals surface area (Å²) in [5.74, 6) is 2.63. The maximum atomic E-state index is 14.8. The molecule has 10 aromatic rings. The fourth-order valence-electron chi connectivity index (χ4n) is 9.74. The number of halogens is 4. The molecule has 1 amide bonds. The number of aromatic nitrogens is 12. The lowest BCUT2D eigenvalue weighted by molar-refractivity contribution is 0.0691. The van der Waals surface area contributed by atoms with Gasteiger partial charge in [0.25, 0.3) is 11.1 Å². The van der Waals surface area contributed by atoms with E-state index in [4.69, 9.17) is 22.4 Å². The Hall–Kier alpha value is -9.50. The van der Waals surface area contributed by atoms with Crippen molar-refractivity contribution in [3.63, 3.8) is 0 Å². The van der Waals surface area contributed by atoms with Crippen molar-refractivity contribution in [1.82, 2.24) is 57.7 Å². The summed E-state index contributed by atoms with van der Waals surface area (Å²) in [4.78, 5) is 65.8. The molecule has 0 aliphatic heterocycles. The van der Waals surface area contributed by atoms with Crippen LogP contribution in [0.3, 0.4) is 0 Å². The van der Waals surface area contributed by atoms with E-state index in [1.807, 2.05) is 74.4 Å². The number of rotatable bonds is 14. The summed E-state index contributed by atoms with van der Waals surface area (Å²) in [6, 6.07) is 19.2. The maximum Gasteiger partial charge on any atom is 0.338 e. The highest BCUT2D eigenvalue weighted by Gasteiger charge is 2.29. The molecule has 7 aromatic heterocycles. The summed E-state index contributed by atoms with van der Waals surface area (Å²) in [6.45, 7) is 13.7. The number of nitrogens with one attached hydrogen (secondary N) is 1. The van der Waals surface area contributed by atoms with Crippen molar-refractivity contribution in [2.24, 2.45) is 0 Å². The Morgan fingerprint density at radius 1 is 0.570 bits per heavy atom. The van der Waals surface area contributed by atoms with Crippen LogP contribution in [0.5, 0.6) is 0 Å². The molecular formula is C64H64ClF3N14O4. The van der Waals surface area contributed by atoms with E-state index in [9.17, 15) is 27.6 Å². The number of pyridine rings is 2. The summed E-state index contributed by atoms with van der Waals surface area (Å²) < 4.78 is 51.2. The number of carboxylic acid groups (broad SMARTS) is 1. The molecule has 13 rings (SSSR count). The van der Waals surface area contributed by atoms with Gasteiger partial charge in [0.1, 0.15) is 52.4 Å². The van der Waals surface area contributed by atoms with Gasteiger partial charge >= 0.3 is 5.97 Å². The second-order valence-electron chi connectivity index (χ2n) is 22.3. The van der Waals surface area contributed by atoms with Gasteiger partial charge in [-0.1, -0.05) is 39.8 Å². The van der Waals surface area contributed by atoms with Gasteiger partial charge in [-0.3, -0.25) is 18.7 Å². The number of hydrogen-bond acceptors (Lipinski definition) is 11. The van der Waals surface area contributed by atoms with E-state index in [1.165, 1.54) is 43.2 Å². The molecule has 18 nitrogen and oxygen atoms in total. The maximum absolute atomic E-state index is 14.8. The molecule has 0 radical (unpaired) electrons. The standard InChI is InChI=1S/C25H25FN6O.C14H12ClFN2O.C14H13FN2O2.C11H14N4/c1-15(2)24-27-9-10-32(24)23-6-4-5-22(29-23)30-25(33)18-12-21(16(3)11-19(18)26)31-13-20(28-14-31)17-7-8-17;1-8-4-11(16)10(14(15)19)5-13(8)18-6-12(17-7-18)9-2-3-9;1-8-4-11(15)10(14(18)19)5-13(8)17-6-12(16-7-17)9-2-3-9;1-8(2)11-13-6-7-15(11)10-5-3-4-9(12)14-10/h4-6,9-15,17H,7-8H2,1-3H3,(H,29,30,33);4-7,9H,2-3H2,1H3;4-7,9H,2-3H2,1H3,(H,18,19);3-8H,1-2H3,(H2,12,14). The second kappa shape index (κ2) is 25.4. The average molecular weight is 1190 g/mol. The number of aryl methyl sites for hydroxylation is 3. The van der Waals surface area contributed by atoms with E-state index < -0.39 is 34.6 Å². The Labute approximate surface area is 499 Å². The summed E-state index contributed by atoms with van der Waals surface area (Å²) in [7, 11) is 0. The molecule has 0 atom stereocenters. The molecule has 3 fully saturated rings. The molecule has 3 aliphatic carbocycles. The van der Waals surface area contributed by atoms with Crippen LogP contribution in [0.15, 0.2) is 135 Å². The van der Waals surface area contributed by atoms with Gasteiger partial charge in [-0.25, -0.2) is 52.9 Å². The smallest absolute Gasteiger partial charge is 0.338 e. The molecule has 0 spiro atoms. The molecule has 22 heteroatoms.